The monoisotopic (exact) mass is 260 g/mol. The smallest absolute Gasteiger partial charge is 0.340 e. The van der Waals surface area contributed by atoms with Crippen LogP contribution in [-0.2, 0) is 17.9 Å². The maximum Gasteiger partial charge on any atom is 0.340 e. The Hall–Kier alpha value is -2.37. The van der Waals surface area contributed by atoms with Crippen LogP contribution in [0.25, 0.3) is 0 Å². The van der Waals surface area contributed by atoms with Gasteiger partial charge in [0.05, 0.1) is 5.56 Å². The first-order chi connectivity index (χ1) is 9.11. The van der Waals surface area contributed by atoms with Crippen LogP contribution >= 0.6 is 0 Å². The maximum atomic E-state index is 12.0. The highest BCUT2D eigenvalue weighted by Gasteiger charge is 2.13. The minimum atomic E-state index is -0.452. The van der Waals surface area contributed by atoms with Gasteiger partial charge in [0.2, 0.25) is 0 Å². The van der Waals surface area contributed by atoms with Gasteiger partial charge in [-0.2, -0.15) is 5.10 Å². The number of ether oxygens (including phenoxy) is 1. The van der Waals surface area contributed by atoms with Crippen molar-refractivity contribution in [2.24, 2.45) is 0 Å². The largest absolute Gasteiger partial charge is 0.454 e. The van der Waals surface area contributed by atoms with E-state index in [9.17, 15) is 4.79 Å². The third-order valence-electron chi connectivity index (χ3n) is 2.76. The summed E-state index contributed by atoms with van der Waals surface area (Å²) in [5.74, 6) is 0.161. The van der Waals surface area contributed by atoms with Crippen LogP contribution in [0.1, 0.15) is 28.7 Å². The lowest BCUT2D eigenvalue weighted by molar-refractivity contribution is 0.0458. The van der Waals surface area contributed by atoms with E-state index in [2.05, 4.69) is 10.1 Å². The second-order valence-electron chi connectivity index (χ2n) is 4.16. The second-order valence-corrected chi connectivity index (χ2v) is 4.16. The van der Waals surface area contributed by atoms with Crippen molar-refractivity contribution in [3.05, 3.63) is 41.5 Å². The summed E-state index contributed by atoms with van der Waals surface area (Å²) in [5, 5.41) is 4.01. The minimum absolute atomic E-state index is 0.0834. The fourth-order valence-corrected chi connectivity index (χ4v) is 1.72. The molecule has 0 unspecified atom stereocenters. The second kappa shape index (κ2) is 5.51. The van der Waals surface area contributed by atoms with E-state index in [0.29, 0.717) is 23.6 Å². The summed E-state index contributed by atoms with van der Waals surface area (Å²) in [5.41, 5.74) is 7.50. The Morgan fingerprint density at radius 3 is 3.00 bits per heavy atom. The maximum absolute atomic E-state index is 12.0. The summed E-state index contributed by atoms with van der Waals surface area (Å²) < 4.78 is 6.88. The summed E-state index contributed by atoms with van der Waals surface area (Å²) in [6, 6.07) is 5.25. The van der Waals surface area contributed by atoms with E-state index in [1.54, 1.807) is 16.8 Å². The summed E-state index contributed by atoms with van der Waals surface area (Å²) >= 11 is 0. The first-order valence-electron chi connectivity index (χ1n) is 6.01. The Morgan fingerprint density at radius 1 is 1.47 bits per heavy atom. The van der Waals surface area contributed by atoms with Gasteiger partial charge in [0.15, 0.2) is 12.4 Å². The topological polar surface area (TPSA) is 83.0 Å². The van der Waals surface area contributed by atoms with Crippen molar-refractivity contribution in [1.82, 2.24) is 14.8 Å². The van der Waals surface area contributed by atoms with Gasteiger partial charge < -0.3 is 10.5 Å². The van der Waals surface area contributed by atoms with Crippen molar-refractivity contribution >= 4 is 11.7 Å². The molecule has 6 nitrogen and oxygen atoms in total. The molecule has 0 bridgehead atoms. The van der Waals surface area contributed by atoms with E-state index < -0.39 is 5.97 Å². The molecular weight excluding hydrogens is 244 g/mol. The molecule has 6 heteroatoms. The Labute approximate surface area is 111 Å². The molecule has 0 saturated carbocycles. The van der Waals surface area contributed by atoms with E-state index >= 15 is 0 Å². The molecule has 0 saturated heterocycles. The number of hydrogen-bond acceptors (Lipinski definition) is 5. The van der Waals surface area contributed by atoms with Crippen molar-refractivity contribution in [1.29, 1.82) is 0 Å². The number of aromatic nitrogens is 3. The van der Waals surface area contributed by atoms with Crippen molar-refractivity contribution < 1.29 is 9.53 Å². The zero-order valence-electron chi connectivity index (χ0n) is 11.0. The number of nitrogen functional groups attached to an aromatic ring is 1. The first-order valence-corrected chi connectivity index (χ1v) is 6.01. The van der Waals surface area contributed by atoms with Crippen molar-refractivity contribution in [3.8, 4) is 0 Å². The van der Waals surface area contributed by atoms with Gasteiger partial charge in [-0.1, -0.05) is 11.6 Å². The predicted octanol–water partition coefficient (Wildman–Crippen LogP) is 1.55. The SMILES string of the molecule is CCn1ncnc1COC(=O)c1cc(C)ccc1N. The van der Waals surface area contributed by atoms with Crippen LogP contribution < -0.4 is 5.73 Å². The Bertz CT molecular complexity index is 592. The third-order valence-corrected chi connectivity index (χ3v) is 2.76. The summed E-state index contributed by atoms with van der Waals surface area (Å²) in [6.07, 6.45) is 1.44. The van der Waals surface area contributed by atoms with Gasteiger partial charge in [0.1, 0.15) is 6.33 Å². The molecule has 100 valence electrons. The summed E-state index contributed by atoms with van der Waals surface area (Å²) in [6.45, 7) is 4.60. The highest BCUT2D eigenvalue weighted by atomic mass is 16.5. The zero-order valence-corrected chi connectivity index (χ0v) is 11.0. The highest BCUT2D eigenvalue weighted by molar-refractivity contribution is 5.95. The highest BCUT2D eigenvalue weighted by Crippen LogP contribution is 2.15. The fourth-order valence-electron chi connectivity index (χ4n) is 1.72. The van der Waals surface area contributed by atoms with Gasteiger partial charge >= 0.3 is 5.97 Å². The van der Waals surface area contributed by atoms with E-state index in [1.165, 1.54) is 6.33 Å². The van der Waals surface area contributed by atoms with E-state index in [1.807, 2.05) is 19.9 Å². The number of aryl methyl sites for hydroxylation is 2. The van der Waals surface area contributed by atoms with Crippen molar-refractivity contribution in [2.75, 3.05) is 5.73 Å². The molecule has 0 fully saturated rings. The molecule has 2 rings (SSSR count). The number of carbonyl (C=O) groups is 1. The Balaban J connectivity index is 2.07. The van der Waals surface area contributed by atoms with Gasteiger partial charge in [-0.05, 0) is 26.0 Å². The summed E-state index contributed by atoms with van der Waals surface area (Å²) in [4.78, 5) is 16.0. The molecule has 1 aromatic heterocycles. The molecule has 0 amide bonds. The lowest BCUT2D eigenvalue weighted by Crippen LogP contribution is -2.12. The van der Waals surface area contributed by atoms with E-state index in [-0.39, 0.29) is 6.61 Å². The lowest BCUT2D eigenvalue weighted by Gasteiger charge is -2.08. The molecule has 19 heavy (non-hydrogen) atoms. The standard InChI is InChI=1S/C13H16N4O2/c1-3-17-12(15-8-16-17)7-19-13(18)10-6-9(2)4-5-11(10)14/h4-6,8H,3,7,14H2,1-2H3. The number of benzene rings is 1. The molecule has 0 spiro atoms. The average molecular weight is 260 g/mol. The van der Waals surface area contributed by atoms with Crippen LogP contribution in [0, 0.1) is 6.92 Å². The van der Waals surface area contributed by atoms with Gasteiger partial charge in [0.25, 0.3) is 0 Å². The number of nitrogens with zero attached hydrogens (tertiary/aromatic N) is 3. The third kappa shape index (κ3) is 2.90. The summed E-state index contributed by atoms with van der Waals surface area (Å²) in [7, 11) is 0. The number of carbonyl (C=O) groups excluding carboxylic acids is 1. The van der Waals surface area contributed by atoms with Gasteiger partial charge in [-0.15, -0.1) is 0 Å². The Morgan fingerprint density at radius 2 is 2.26 bits per heavy atom. The van der Waals surface area contributed by atoms with Crippen LogP contribution in [0.15, 0.2) is 24.5 Å². The molecule has 0 atom stereocenters. The molecular formula is C13H16N4O2. The Kier molecular flexibility index (Phi) is 3.79. The predicted molar refractivity (Wildman–Crippen MR) is 70.4 cm³/mol. The molecule has 0 aliphatic carbocycles. The van der Waals surface area contributed by atoms with Crippen LogP contribution in [0.3, 0.4) is 0 Å². The van der Waals surface area contributed by atoms with E-state index in [0.717, 1.165) is 5.56 Å². The molecule has 1 heterocycles. The normalized spacial score (nSPS) is 10.4. The van der Waals surface area contributed by atoms with Crippen LogP contribution in [0.2, 0.25) is 0 Å². The van der Waals surface area contributed by atoms with Crippen LogP contribution in [0.5, 0.6) is 0 Å². The number of hydrogen-bond donors (Lipinski definition) is 1. The fraction of sp³-hybridized carbons (Fsp3) is 0.308. The molecule has 0 aliphatic rings. The van der Waals surface area contributed by atoms with Gasteiger partial charge in [0, 0.05) is 12.2 Å². The first kappa shape index (κ1) is 13.1. The molecule has 1 aromatic carbocycles. The lowest BCUT2D eigenvalue weighted by atomic mass is 10.1. The molecule has 0 radical (unpaired) electrons. The molecule has 0 aliphatic heterocycles. The quantitative estimate of drug-likeness (QED) is 0.666. The van der Waals surface area contributed by atoms with Gasteiger partial charge in [-0.25, -0.2) is 14.5 Å². The number of esters is 1. The number of anilines is 1. The van der Waals surface area contributed by atoms with Crippen molar-refractivity contribution in [2.45, 2.75) is 27.0 Å². The van der Waals surface area contributed by atoms with E-state index in [4.69, 9.17) is 10.5 Å². The average Bonchev–Trinajstić information content (AvgIpc) is 2.86. The minimum Gasteiger partial charge on any atom is -0.454 e. The number of nitrogens with two attached hydrogens (primary N) is 1. The number of rotatable bonds is 4. The van der Waals surface area contributed by atoms with Crippen LogP contribution in [0.4, 0.5) is 5.69 Å². The van der Waals surface area contributed by atoms with Crippen molar-refractivity contribution in [3.63, 3.8) is 0 Å². The molecule has 2 N–H and O–H groups in total. The zero-order chi connectivity index (χ0) is 13.8. The van der Waals surface area contributed by atoms with Crippen LogP contribution in [-0.4, -0.2) is 20.7 Å². The van der Waals surface area contributed by atoms with Gasteiger partial charge in [-0.3, -0.25) is 0 Å². The molecule has 2 aromatic rings.